The molecule has 2 aromatic carbocycles. The van der Waals surface area contributed by atoms with Crippen LogP contribution in [0.4, 0.5) is 10.1 Å². The highest BCUT2D eigenvalue weighted by molar-refractivity contribution is 6.37. The Morgan fingerprint density at radius 1 is 1.16 bits per heavy atom. The van der Waals surface area contributed by atoms with Gasteiger partial charge in [-0.05, 0) is 42.5 Å². The Morgan fingerprint density at radius 2 is 1.84 bits per heavy atom. The molecule has 1 aromatic heterocycles. The minimum Gasteiger partial charge on any atom is -0.477 e. The number of nitrogens with zero attached hydrogens (tertiary/aromatic N) is 1. The molecule has 2 N–H and O–H groups in total. The van der Waals surface area contributed by atoms with E-state index in [9.17, 15) is 19.1 Å². The van der Waals surface area contributed by atoms with Gasteiger partial charge in [0.2, 0.25) is 5.91 Å². The Morgan fingerprint density at radius 3 is 2.48 bits per heavy atom. The summed E-state index contributed by atoms with van der Waals surface area (Å²) in [5.41, 5.74) is 1.01. The SMILES string of the molecule is O=C(O)c1[nH]c2ccc(Cl)cc2c1CC(=O)N(Cl)c1ccc(F)cc1. The van der Waals surface area contributed by atoms with Gasteiger partial charge in [-0.15, -0.1) is 0 Å². The number of halogens is 3. The molecule has 5 nitrogen and oxygen atoms in total. The highest BCUT2D eigenvalue weighted by atomic mass is 35.5. The molecule has 8 heteroatoms. The van der Waals surface area contributed by atoms with E-state index in [1.807, 2.05) is 0 Å². The largest absolute Gasteiger partial charge is 0.477 e. The average molecular weight is 381 g/mol. The van der Waals surface area contributed by atoms with E-state index in [1.165, 1.54) is 24.3 Å². The lowest BCUT2D eigenvalue weighted by Gasteiger charge is -2.14. The van der Waals surface area contributed by atoms with Gasteiger partial charge in [-0.2, -0.15) is 0 Å². The van der Waals surface area contributed by atoms with Crippen molar-refractivity contribution in [2.75, 3.05) is 4.42 Å². The van der Waals surface area contributed by atoms with Gasteiger partial charge < -0.3 is 10.1 Å². The van der Waals surface area contributed by atoms with Crippen LogP contribution >= 0.6 is 23.4 Å². The van der Waals surface area contributed by atoms with Crippen LogP contribution in [0.2, 0.25) is 5.02 Å². The summed E-state index contributed by atoms with van der Waals surface area (Å²) in [7, 11) is 0. The molecule has 0 fully saturated rings. The summed E-state index contributed by atoms with van der Waals surface area (Å²) in [6, 6.07) is 9.88. The number of carboxylic acid groups (broad SMARTS) is 1. The van der Waals surface area contributed by atoms with E-state index in [-0.39, 0.29) is 23.4 Å². The van der Waals surface area contributed by atoms with E-state index in [4.69, 9.17) is 23.4 Å². The molecule has 0 atom stereocenters. The molecule has 128 valence electrons. The molecular weight excluding hydrogens is 370 g/mol. The van der Waals surface area contributed by atoms with Crippen LogP contribution in [0, 0.1) is 5.82 Å². The van der Waals surface area contributed by atoms with Gasteiger partial charge in [0, 0.05) is 33.3 Å². The van der Waals surface area contributed by atoms with E-state index in [0.717, 1.165) is 4.42 Å². The lowest BCUT2D eigenvalue weighted by Crippen LogP contribution is -2.23. The summed E-state index contributed by atoms with van der Waals surface area (Å²) in [4.78, 5) is 26.7. The summed E-state index contributed by atoms with van der Waals surface area (Å²) in [6.45, 7) is 0. The Bertz CT molecular complexity index is 970. The summed E-state index contributed by atoms with van der Waals surface area (Å²) in [6.07, 6.45) is -0.261. The number of amides is 1. The van der Waals surface area contributed by atoms with Crippen molar-refractivity contribution >= 4 is 51.8 Å². The quantitative estimate of drug-likeness (QED) is 0.659. The molecular formula is C17H11Cl2FN2O3. The highest BCUT2D eigenvalue weighted by Gasteiger charge is 2.22. The monoisotopic (exact) mass is 380 g/mol. The van der Waals surface area contributed by atoms with Gasteiger partial charge in [0.25, 0.3) is 0 Å². The van der Waals surface area contributed by atoms with Crippen LogP contribution in [0.5, 0.6) is 0 Å². The fraction of sp³-hybridized carbons (Fsp3) is 0.0588. The molecule has 0 radical (unpaired) electrons. The van der Waals surface area contributed by atoms with Crippen LogP contribution in [0.25, 0.3) is 10.9 Å². The third kappa shape index (κ3) is 3.45. The number of anilines is 1. The van der Waals surface area contributed by atoms with Crippen molar-refractivity contribution in [2.24, 2.45) is 0 Å². The summed E-state index contributed by atoms with van der Waals surface area (Å²) in [5.74, 6) is -2.21. The first-order valence-electron chi connectivity index (χ1n) is 7.14. The van der Waals surface area contributed by atoms with Gasteiger partial charge in [0.1, 0.15) is 11.5 Å². The topological polar surface area (TPSA) is 73.4 Å². The molecule has 3 aromatic rings. The second kappa shape index (κ2) is 6.74. The Kier molecular flexibility index (Phi) is 4.65. The Balaban J connectivity index is 1.97. The van der Waals surface area contributed by atoms with Gasteiger partial charge in [-0.3, -0.25) is 4.79 Å². The maximum absolute atomic E-state index is 13.0. The zero-order valence-electron chi connectivity index (χ0n) is 12.6. The predicted molar refractivity (Wildman–Crippen MR) is 93.7 cm³/mol. The number of benzene rings is 2. The van der Waals surface area contributed by atoms with Gasteiger partial charge >= 0.3 is 5.97 Å². The fourth-order valence-corrected chi connectivity index (χ4v) is 2.87. The van der Waals surface area contributed by atoms with Crippen molar-refractivity contribution in [3.8, 4) is 0 Å². The summed E-state index contributed by atoms with van der Waals surface area (Å²) < 4.78 is 13.8. The van der Waals surface area contributed by atoms with Crippen molar-refractivity contribution < 1.29 is 19.1 Å². The van der Waals surface area contributed by atoms with Crippen LogP contribution in [-0.2, 0) is 11.2 Å². The molecule has 1 amide bonds. The summed E-state index contributed by atoms with van der Waals surface area (Å²) >= 11 is 12.0. The molecule has 0 saturated carbocycles. The number of carboxylic acids is 1. The maximum Gasteiger partial charge on any atom is 0.352 e. The number of H-pyrrole nitrogens is 1. The summed E-state index contributed by atoms with van der Waals surface area (Å²) in [5, 5.41) is 10.3. The number of aromatic nitrogens is 1. The van der Waals surface area contributed by atoms with Crippen molar-refractivity contribution in [1.29, 1.82) is 0 Å². The van der Waals surface area contributed by atoms with E-state index < -0.39 is 17.7 Å². The number of carbonyl (C=O) groups is 2. The second-order valence-corrected chi connectivity index (χ2v) is 6.08. The van der Waals surface area contributed by atoms with E-state index in [1.54, 1.807) is 18.2 Å². The Labute approximate surface area is 151 Å². The van der Waals surface area contributed by atoms with Crippen molar-refractivity contribution in [3.63, 3.8) is 0 Å². The average Bonchev–Trinajstić information content (AvgIpc) is 2.93. The van der Waals surface area contributed by atoms with Gasteiger partial charge in [-0.1, -0.05) is 11.6 Å². The van der Waals surface area contributed by atoms with Crippen LogP contribution in [-0.4, -0.2) is 22.0 Å². The van der Waals surface area contributed by atoms with E-state index >= 15 is 0 Å². The molecule has 0 saturated heterocycles. The molecule has 0 unspecified atom stereocenters. The van der Waals surface area contributed by atoms with Gasteiger partial charge in [0.15, 0.2) is 0 Å². The zero-order chi connectivity index (χ0) is 18.1. The van der Waals surface area contributed by atoms with E-state index in [0.29, 0.717) is 15.9 Å². The first-order chi connectivity index (χ1) is 11.9. The second-order valence-electron chi connectivity index (χ2n) is 5.30. The number of hydrogen-bond donors (Lipinski definition) is 2. The van der Waals surface area contributed by atoms with Gasteiger partial charge in [0.05, 0.1) is 12.1 Å². The minimum atomic E-state index is -1.20. The first kappa shape index (κ1) is 17.3. The number of aromatic carboxylic acids is 1. The molecule has 3 rings (SSSR count). The van der Waals surface area contributed by atoms with Crippen LogP contribution in [0.1, 0.15) is 16.1 Å². The lowest BCUT2D eigenvalue weighted by molar-refractivity contribution is -0.116. The number of fused-ring (bicyclic) bond motifs is 1. The fourth-order valence-electron chi connectivity index (χ4n) is 2.52. The molecule has 0 spiro atoms. The number of carbonyl (C=O) groups excluding carboxylic acids is 1. The van der Waals surface area contributed by atoms with Crippen LogP contribution in [0.3, 0.4) is 0 Å². The van der Waals surface area contributed by atoms with Crippen molar-refractivity contribution in [3.05, 3.63) is 64.6 Å². The lowest BCUT2D eigenvalue weighted by atomic mass is 10.1. The predicted octanol–water partition coefficient (Wildman–Crippen LogP) is 4.39. The number of rotatable bonds is 4. The highest BCUT2D eigenvalue weighted by Crippen LogP contribution is 2.28. The van der Waals surface area contributed by atoms with Gasteiger partial charge in [-0.25, -0.2) is 13.6 Å². The zero-order valence-corrected chi connectivity index (χ0v) is 14.1. The molecule has 0 aliphatic carbocycles. The number of hydrogen-bond acceptors (Lipinski definition) is 2. The standard InChI is InChI=1S/C17H11Cl2FN2O3/c18-9-1-6-14-12(7-9)13(16(21-14)17(24)25)8-15(23)22(19)11-4-2-10(20)3-5-11/h1-7,21H,8H2,(H,24,25). The van der Waals surface area contributed by atoms with Crippen molar-refractivity contribution in [2.45, 2.75) is 6.42 Å². The van der Waals surface area contributed by atoms with Crippen LogP contribution in [0.15, 0.2) is 42.5 Å². The molecule has 0 aliphatic rings. The van der Waals surface area contributed by atoms with Crippen molar-refractivity contribution in [1.82, 2.24) is 4.98 Å². The van der Waals surface area contributed by atoms with Crippen LogP contribution < -0.4 is 4.42 Å². The number of nitrogens with one attached hydrogen (secondary N) is 1. The van der Waals surface area contributed by atoms with E-state index in [2.05, 4.69) is 4.98 Å². The molecule has 1 heterocycles. The molecule has 0 aliphatic heterocycles. The number of aromatic amines is 1. The maximum atomic E-state index is 13.0. The first-order valence-corrected chi connectivity index (χ1v) is 7.86. The minimum absolute atomic E-state index is 0.102. The molecule has 0 bridgehead atoms. The smallest absolute Gasteiger partial charge is 0.352 e. The normalized spacial score (nSPS) is 10.8. The molecule has 25 heavy (non-hydrogen) atoms. The Hall–Kier alpha value is -2.57. The third-order valence-corrected chi connectivity index (χ3v) is 4.30. The third-order valence-electron chi connectivity index (χ3n) is 3.68.